The molecule has 0 spiro atoms. The highest BCUT2D eigenvalue weighted by molar-refractivity contribution is 5.96. The highest BCUT2D eigenvalue weighted by atomic mass is 16.2. The van der Waals surface area contributed by atoms with E-state index in [0.29, 0.717) is 5.56 Å². The smallest absolute Gasteiger partial charge is 0.251 e. The van der Waals surface area contributed by atoms with E-state index in [9.17, 15) is 9.59 Å². The highest BCUT2D eigenvalue weighted by Gasteiger charge is 2.06. The van der Waals surface area contributed by atoms with Crippen LogP contribution in [0.15, 0.2) is 60.7 Å². The molecule has 2 aromatic rings. The van der Waals surface area contributed by atoms with E-state index in [1.54, 1.807) is 24.3 Å². The van der Waals surface area contributed by atoms with Gasteiger partial charge in [-0.2, -0.15) is 0 Å². The minimum absolute atomic E-state index is 0.0687. The number of rotatable bonds is 4. The lowest BCUT2D eigenvalue weighted by molar-refractivity contribution is -0.119. The van der Waals surface area contributed by atoms with Crippen molar-refractivity contribution in [3.8, 4) is 11.8 Å². The Morgan fingerprint density at radius 2 is 1.50 bits per heavy atom. The summed E-state index contributed by atoms with van der Waals surface area (Å²) in [5, 5.41) is 5.19. The van der Waals surface area contributed by atoms with Crippen LogP contribution in [-0.2, 0) is 4.79 Å². The van der Waals surface area contributed by atoms with Gasteiger partial charge in [0.05, 0.1) is 13.1 Å². The summed E-state index contributed by atoms with van der Waals surface area (Å²) in [6.07, 6.45) is 0. The Bertz CT molecular complexity index is 685. The first kappa shape index (κ1) is 15.3. The van der Waals surface area contributed by atoms with Crippen molar-refractivity contribution in [2.24, 2.45) is 0 Å². The first-order chi connectivity index (χ1) is 10.8. The molecular weight excluding hydrogens is 276 g/mol. The van der Waals surface area contributed by atoms with Gasteiger partial charge in [-0.1, -0.05) is 48.2 Å². The fourth-order valence-corrected chi connectivity index (χ4v) is 1.73. The van der Waals surface area contributed by atoms with E-state index in [1.807, 2.05) is 36.4 Å². The minimum Gasteiger partial charge on any atom is -0.344 e. The SMILES string of the molecule is O=C(CNC(=O)c1ccccc1)NCC#Cc1ccccc1. The molecule has 2 N–H and O–H groups in total. The second-order valence-electron chi connectivity index (χ2n) is 4.49. The van der Waals surface area contributed by atoms with E-state index < -0.39 is 0 Å². The maximum atomic E-state index is 11.7. The van der Waals surface area contributed by atoms with E-state index in [4.69, 9.17) is 0 Å². The van der Waals surface area contributed by atoms with Crippen molar-refractivity contribution < 1.29 is 9.59 Å². The molecule has 0 saturated heterocycles. The summed E-state index contributed by atoms with van der Waals surface area (Å²) in [5.41, 5.74) is 1.42. The molecule has 4 nitrogen and oxygen atoms in total. The molecular formula is C18H16N2O2. The van der Waals surface area contributed by atoms with Crippen LogP contribution in [0.1, 0.15) is 15.9 Å². The molecule has 2 amide bonds. The van der Waals surface area contributed by atoms with Crippen LogP contribution in [0.5, 0.6) is 0 Å². The average molecular weight is 292 g/mol. The maximum Gasteiger partial charge on any atom is 0.251 e. The van der Waals surface area contributed by atoms with Gasteiger partial charge >= 0.3 is 0 Å². The Morgan fingerprint density at radius 3 is 2.18 bits per heavy atom. The number of hydrogen-bond acceptors (Lipinski definition) is 2. The molecule has 110 valence electrons. The lowest BCUT2D eigenvalue weighted by atomic mass is 10.2. The summed E-state index contributed by atoms with van der Waals surface area (Å²) >= 11 is 0. The predicted molar refractivity (Wildman–Crippen MR) is 85.1 cm³/mol. The molecule has 0 aliphatic carbocycles. The Balaban J connectivity index is 1.71. The van der Waals surface area contributed by atoms with E-state index in [-0.39, 0.29) is 24.9 Å². The highest BCUT2D eigenvalue weighted by Crippen LogP contribution is 1.97. The topological polar surface area (TPSA) is 58.2 Å². The lowest BCUT2D eigenvalue weighted by Gasteiger charge is -2.04. The fraction of sp³-hybridized carbons (Fsp3) is 0.111. The third-order valence-corrected chi connectivity index (χ3v) is 2.83. The van der Waals surface area contributed by atoms with Gasteiger partial charge in [-0.3, -0.25) is 9.59 Å². The lowest BCUT2D eigenvalue weighted by Crippen LogP contribution is -2.37. The van der Waals surface area contributed by atoms with Gasteiger partial charge in [0.15, 0.2) is 0 Å². The van der Waals surface area contributed by atoms with Gasteiger partial charge in [0, 0.05) is 11.1 Å². The number of amides is 2. The quantitative estimate of drug-likeness (QED) is 0.841. The number of hydrogen-bond donors (Lipinski definition) is 2. The van der Waals surface area contributed by atoms with Crippen molar-refractivity contribution in [2.75, 3.05) is 13.1 Å². The summed E-state index contributed by atoms with van der Waals surface area (Å²) in [4.78, 5) is 23.3. The van der Waals surface area contributed by atoms with Gasteiger partial charge in [0.1, 0.15) is 0 Å². The van der Waals surface area contributed by atoms with Crippen LogP contribution in [0.3, 0.4) is 0 Å². The third-order valence-electron chi connectivity index (χ3n) is 2.83. The van der Waals surface area contributed by atoms with E-state index in [1.165, 1.54) is 0 Å². The van der Waals surface area contributed by atoms with Gasteiger partial charge in [0.2, 0.25) is 5.91 Å². The molecule has 2 aromatic carbocycles. The van der Waals surface area contributed by atoms with Crippen molar-refractivity contribution >= 4 is 11.8 Å². The van der Waals surface area contributed by atoms with Crippen LogP contribution >= 0.6 is 0 Å². The second-order valence-corrected chi connectivity index (χ2v) is 4.49. The minimum atomic E-state index is -0.272. The Kier molecular flexibility index (Phi) is 5.77. The van der Waals surface area contributed by atoms with Gasteiger partial charge in [0.25, 0.3) is 5.91 Å². The third kappa shape index (κ3) is 5.14. The van der Waals surface area contributed by atoms with Crippen molar-refractivity contribution in [3.63, 3.8) is 0 Å². The van der Waals surface area contributed by atoms with Gasteiger partial charge in [-0.05, 0) is 24.3 Å². The van der Waals surface area contributed by atoms with Crippen LogP contribution < -0.4 is 10.6 Å². The van der Waals surface area contributed by atoms with Crippen molar-refractivity contribution in [1.29, 1.82) is 0 Å². The zero-order valence-corrected chi connectivity index (χ0v) is 12.0. The molecule has 0 fully saturated rings. The number of nitrogens with one attached hydrogen (secondary N) is 2. The zero-order chi connectivity index (χ0) is 15.6. The summed E-state index contributed by atoms with van der Waals surface area (Å²) in [6, 6.07) is 18.3. The molecule has 4 heteroatoms. The number of benzene rings is 2. The monoisotopic (exact) mass is 292 g/mol. The number of carbonyl (C=O) groups excluding carboxylic acids is 2. The normalized spacial score (nSPS) is 9.27. The zero-order valence-electron chi connectivity index (χ0n) is 12.0. The van der Waals surface area contributed by atoms with Crippen molar-refractivity contribution in [1.82, 2.24) is 10.6 Å². The summed E-state index contributed by atoms with van der Waals surface area (Å²) in [5.74, 6) is 5.25. The molecule has 0 bridgehead atoms. The molecule has 0 aliphatic heterocycles. The van der Waals surface area contributed by atoms with Crippen LogP contribution in [0.25, 0.3) is 0 Å². The molecule has 0 atom stereocenters. The van der Waals surface area contributed by atoms with Gasteiger partial charge in [-0.15, -0.1) is 0 Å². The Hall–Kier alpha value is -3.06. The summed E-state index contributed by atoms with van der Waals surface area (Å²) in [7, 11) is 0. The van der Waals surface area contributed by atoms with Crippen LogP contribution in [0.2, 0.25) is 0 Å². The molecule has 0 radical (unpaired) electrons. The van der Waals surface area contributed by atoms with Gasteiger partial charge < -0.3 is 10.6 Å². The van der Waals surface area contributed by atoms with Crippen LogP contribution in [0, 0.1) is 11.8 Å². The molecule has 2 rings (SSSR count). The largest absolute Gasteiger partial charge is 0.344 e. The first-order valence-corrected chi connectivity index (χ1v) is 6.89. The van der Waals surface area contributed by atoms with Crippen molar-refractivity contribution in [3.05, 3.63) is 71.8 Å². The molecule has 0 saturated carbocycles. The summed E-state index contributed by atoms with van der Waals surface area (Å²) < 4.78 is 0. The van der Waals surface area contributed by atoms with E-state index >= 15 is 0 Å². The Morgan fingerprint density at radius 1 is 0.864 bits per heavy atom. The summed E-state index contributed by atoms with van der Waals surface area (Å²) in [6.45, 7) is 0.176. The van der Waals surface area contributed by atoms with E-state index in [0.717, 1.165) is 5.56 Å². The van der Waals surface area contributed by atoms with Gasteiger partial charge in [-0.25, -0.2) is 0 Å². The number of carbonyl (C=O) groups is 2. The van der Waals surface area contributed by atoms with Crippen LogP contribution in [0.4, 0.5) is 0 Å². The van der Waals surface area contributed by atoms with Crippen LogP contribution in [-0.4, -0.2) is 24.9 Å². The van der Waals surface area contributed by atoms with Crippen molar-refractivity contribution in [2.45, 2.75) is 0 Å². The standard InChI is InChI=1S/C18H16N2O2/c21-17(14-20-18(22)16-11-5-2-6-12-16)19-13-7-10-15-8-3-1-4-9-15/h1-6,8-9,11-12H,13-14H2,(H,19,21)(H,20,22). The Labute approximate surface area is 129 Å². The molecule has 0 unspecified atom stereocenters. The fourth-order valence-electron chi connectivity index (χ4n) is 1.73. The molecule has 22 heavy (non-hydrogen) atoms. The molecule has 0 aliphatic rings. The molecule has 0 heterocycles. The van der Waals surface area contributed by atoms with E-state index in [2.05, 4.69) is 22.5 Å². The second kappa shape index (κ2) is 8.28. The average Bonchev–Trinajstić information content (AvgIpc) is 2.58. The maximum absolute atomic E-state index is 11.7. The first-order valence-electron chi connectivity index (χ1n) is 6.89. The molecule has 0 aromatic heterocycles. The predicted octanol–water partition coefficient (Wildman–Crippen LogP) is 1.58.